The van der Waals surface area contributed by atoms with Gasteiger partial charge in [-0.3, -0.25) is 10.1 Å². The first-order valence-corrected chi connectivity index (χ1v) is 4.30. The van der Waals surface area contributed by atoms with Crippen molar-refractivity contribution >= 4 is 6.08 Å². The molecule has 1 heterocycles. The molecule has 1 aliphatic rings. The Kier molecular flexibility index (Phi) is 1.96. The first-order chi connectivity index (χ1) is 6.68. The molecule has 1 aromatic rings. The molecular weight excluding hydrogens is 182 g/mol. The molecule has 0 radical (unpaired) electrons. The van der Waals surface area contributed by atoms with Crippen molar-refractivity contribution in [3.8, 4) is 5.75 Å². The zero-order valence-corrected chi connectivity index (χ0v) is 7.64. The SMILES string of the molecule is CC1Oc2ccccc2C=C1[N+](=O)[O-]. The Morgan fingerprint density at radius 1 is 1.43 bits per heavy atom. The van der Waals surface area contributed by atoms with Crippen LogP contribution in [0.2, 0.25) is 0 Å². The molecule has 0 N–H and O–H groups in total. The van der Waals surface area contributed by atoms with Gasteiger partial charge in [0.05, 0.1) is 4.92 Å². The summed E-state index contributed by atoms with van der Waals surface area (Å²) in [5, 5.41) is 10.6. The minimum atomic E-state index is -0.486. The fraction of sp³-hybridized carbons (Fsp3) is 0.200. The van der Waals surface area contributed by atoms with E-state index in [0.29, 0.717) is 5.75 Å². The lowest BCUT2D eigenvalue weighted by molar-refractivity contribution is -0.433. The third-order valence-corrected chi connectivity index (χ3v) is 2.15. The summed E-state index contributed by atoms with van der Waals surface area (Å²) in [7, 11) is 0. The molecule has 1 unspecified atom stereocenters. The molecule has 14 heavy (non-hydrogen) atoms. The maximum atomic E-state index is 10.6. The molecule has 0 bridgehead atoms. The first-order valence-electron chi connectivity index (χ1n) is 4.30. The molecule has 1 aromatic carbocycles. The van der Waals surface area contributed by atoms with E-state index in [0.717, 1.165) is 5.56 Å². The molecule has 2 rings (SSSR count). The fourth-order valence-electron chi connectivity index (χ4n) is 1.44. The second kappa shape index (κ2) is 3.14. The smallest absolute Gasteiger partial charge is 0.286 e. The standard InChI is InChI=1S/C10H9NO3/c1-7-9(11(12)13)6-8-4-2-3-5-10(8)14-7/h2-7H,1H3. The quantitative estimate of drug-likeness (QED) is 0.504. The largest absolute Gasteiger partial charge is 0.479 e. The molecule has 4 nitrogen and oxygen atoms in total. The van der Waals surface area contributed by atoms with Gasteiger partial charge in [0, 0.05) is 11.6 Å². The van der Waals surface area contributed by atoms with Crippen LogP contribution >= 0.6 is 0 Å². The van der Waals surface area contributed by atoms with E-state index in [9.17, 15) is 10.1 Å². The van der Waals surface area contributed by atoms with E-state index in [2.05, 4.69) is 0 Å². The molecular formula is C10H9NO3. The van der Waals surface area contributed by atoms with E-state index < -0.39 is 11.0 Å². The third-order valence-electron chi connectivity index (χ3n) is 2.15. The van der Waals surface area contributed by atoms with E-state index in [1.54, 1.807) is 25.1 Å². The van der Waals surface area contributed by atoms with Crippen LogP contribution in [0.3, 0.4) is 0 Å². The molecule has 0 aliphatic carbocycles. The number of nitro groups is 1. The van der Waals surface area contributed by atoms with Crippen LogP contribution in [0.5, 0.6) is 5.75 Å². The second-order valence-electron chi connectivity index (χ2n) is 3.12. The van der Waals surface area contributed by atoms with Crippen molar-refractivity contribution in [2.24, 2.45) is 0 Å². The molecule has 4 heteroatoms. The van der Waals surface area contributed by atoms with Crippen LogP contribution in [0.4, 0.5) is 0 Å². The minimum absolute atomic E-state index is 0.101. The molecule has 0 amide bonds. The lowest BCUT2D eigenvalue weighted by Crippen LogP contribution is -2.23. The van der Waals surface area contributed by atoms with Crippen molar-refractivity contribution in [1.82, 2.24) is 0 Å². The summed E-state index contributed by atoms with van der Waals surface area (Å²) in [4.78, 5) is 10.2. The van der Waals surface area contributed by atoms with Gasteiger partial charge >= 0.3 is 0 Å². The highest BCUT2D eigenvalue weighted by Gasteiger charge is 2.27. The van der Waals surface area contributed by atoms with Gasteiger partial charge in [0.2, 0.25) is 0 Å². The molecule has 72 valence electrons. The first kappa shape index (κ1) is 8.74. The number of para-hydroxylation sites is 1. The summed E-state index contributed by atoms with van der Waals surface area (Å²) in [6.07, 6.45) is 1.07. The molecule has 0 spiro atoms. The van der Waals surface area contributed by atoms with Crippen molar-refractivity contribution in [3.63, 3.8) is 0 Å². The highest BCUT2D eigenvalue weighted by molar-refractivity contribution is 5.61. The summed E-state index contributed by atoms with van der Waals surface area (Å²) in [5.41, 5.74) is 0.862. The Morgan fingerprint density at radius 2 is 2.14 bits per heavy atom. The molecule has 0 aromatic heterocycles. The molecule has 0 saturated carbocycles. The van der Waals surface area contributed by atoms with Gasteiger partial charge in [0.15, 0.2) is 6.10 Å². The maximum Gasteiger partial charge on any atom is 0.286 e. The Morgan fingerprint density at radius 3 is 2.86 bits per heavy atom. The van der Waals surface area contributed by atoms with Crippen molar-refractivity contribution < 1.29 is 9.66 Å². The van der Waals surface area contributed by atoms with Crippen LogP contribution in [-0.2, 0) is 0 Å². The topological polar surface area (TPSA) is 52.4 Å². The second-order valence-corrected chi connectivity index (χ2v) is 3.12. The van der Waals surface area contributed by atoms with Gasteiger partial charge in [-0.1, -0.05) is 18.2 Å². The van der Waals surface area contributed by atoms with E-state index in [1.165, 1.54) is 0 Å². The van der Waals surface area contributed by atoms with Gasteiger partial charge < -0.3 is 4.74 Å². The normalized spacial score (nSPS) is 19.2. The van der Waals surface area contributed by atoms with E-state index in [4.69, 9.17) is 4.74 Å². The van der Waals surface area contributed by atoms with Gasteiger partial charge in [-0.05, 0) is 13.0 Å². The zero-order chi connectivity index (χ0) is 10.1. The number of nitrogens with zero attached hydrogens (tertiary/aromatic N) is 1. The zero-order valence-electron chi connectivity index (χ0n) is 7.64. The fourth-order valence-corrected chi connectivity index (χ4v) is 1.44. The third kappa shape index (κ3) is 1.35. The molecule has 1 aliphatic heterocycles. The number of fused-ring (bicyclic) bond motifs is 1. The summed E-state index contributed by atoms with van der Waals surface area (Å²) in [6, 6.07) is 7.27. The van der Waals surface area contributed by atoms with E-state index >= 15 is 0 Å². The molecule has 0 saturated heterocycles. The van der Waals surface area contributed by atoms with Crippen LogP contribution in [0.15, 0.2) is 30.0 Å². The van der Waals surface area contributed by atoms with Gasteiger partial charge in [-0.25, -0.2) is 0 Å². The predicted molar refractivity (Wildman–Crippen MR) is 51.5 cm³/mol. The summed E-state index contributed by atoms with van der Waals surface area (Å²) in [5.74, 6) is 0.700. The van der Waals surface area contributed by atoms with Crippen molar-refractivity contribution in [3.05, 3.63) is 45.6 Å². The number of rotatable bonds is 1. The predicted octanol–water partition coefficient (Wildman–Crippen LogP) is 2.09. The number of benzene rings is 1. The lowest BCUT2D eigenvalue weighted by atomic mass is 10.1. The van der Waals surface area contributed by atoms with Gasteiger partial charge in [0.1, 0.15) is 5.75 Å². The Bertz CT molecular complexity index is 412. The van der Waals surface area contributed by atoms with E-state index in [1.807, 2.05) is 12.1 Å². The Balaban J connectivity index is 2.49. The Hall–Kier alpha value is -1.84. The minimum Gasteiger partial charge on any atom is -0.479 e. The van der Waals surface area contributed by atoms with Crippen LogP contribution in [0.1, 0.15) is 12.5 Å². The lowest BCUT2D eigenvalue weighted by Gasteiger charge is -2.18. The highest BCUT2D eigenvalue weighted by atomic mass is 16.6. The maximum absolute atomic E-state index is 10.6. The average Bonchev–Trinajstić information content (AvgIpc) is 2.16. The van der Waals surface area contributed by atoms with Gasteiger partial charge in [-0.2, -0.15) is 0 Å². The van der Waals surface area contributed by atoms with Crippen LogP contribution in [0, 0.1) is 10.1 Å². The summed E-state index contributed by atoms with van der Waals surface area (Å²) >= 11 is 0. The van der Waals surface area contributed by atoms with Crippen LogP contribution in [0.25, 0.3) is 6.08 Å². The Labute approximate surface area is 81.0 Å². The summed E-state index contributed by atoms with van der Waals surface area (Å²) < 4.78 is 5.40. The number of hydrogen-bond donors (Lipinski definition) is 0. The van der Waals surface area contributed by atoms with Gasteiger partial charge in [0.25, 0.3) is 5.70 Å². The number of hydrogen-bond acceptors (Lipinski definition) is 3. The highest BCUT2D eigenvalue weighted by Crippen LogP contribution is 2.29. The van der Waals surface area contributed by atoms with Crippen molar-refractivity contribution in [2.75, 3.05) is 0 Å². The monoisotopic (exact) mass is 191 g/mol. The average molecular weight is 191 g/mol. The van der Waals surface area contributed by atoms with Crippen LogP contribution < -0.4 is 4.74 Å². The van der Waals surface area contributed by atoms with Gasteiger partial charge in [-0.15, -0.1) is 0 Å². The van der Waals surface area contributed by atoms with Crippen molar-refractivity contribution in [1.29, 1.82) is 0 Å². The molecule has 0 fully saturated rings. The number of ether oxygens (including phenoxy) is 1. The summed E-state index contributed by atoms with van der Waals surface area (Å²) in [6.45, 7) is 1.67. The van der Waals surface area contributed by atoms with Crippen LogP contribution in [-0.4, -0.2) is 11.0 Å². The molecule has 1 atom stereocenters. The van der Waals surface area contributed by atoms with Crippen molar-refractivity contribution in [2.45, 2.75) is 13.0 Å². The van der Waals surface area contributed by atoms with E-state index in [-0.39, 0.29) is 5.70 Å².